The second kappa shape index (κ2) is 5.44. The van der Waals surface area contributed by atoms with E-state index in [2.05, 4.69) is 27.3 Å². The van der Waals surface area contributed by atoms with Gasteiger partial charge in [0, 0.05) is 10.9 Å². The van der Waals surface area contributed by atoms with Crippen LogP contribution in [0.4, 0.5) is 10.1 Å². The predicted molar refractivity (Wildman–Crippen MR) is 81.9 cm³/mol. The average molecular weight is 336 g/mol. The van der Waals surface area contributed by atoms with Gasteiger partial charge in [0.25, 0.3) is 0 Å². The van der Waals surface area contributed by atoms with Gasteiger partial charge in [0.15, 0.2) is 0 Å². The third-order valence-corrected chi connectivity index (χ3v) is 3.90. The molecule has 1 aliphatic heterocycles. The van der Waals surface area contributed by atoms with Gasteiger partial charge in [0.05, 0.1) is 12.2 Å². The molecule has 104 valence electrons. The highest BCUT2D eigenvalue weighted by molar-refractivity contribution is 9.10. The normalized spacial score (nSPS) is 16.6. The summed E-state index contributed by atoms with van der Waals surface area (Å²) < 4.78 is 20.6. The van der Waals surface area contributed by atoms with Crippen molar-refractivity contribution in [2.24, 2.45) is 0 Å². The molecule has 3 rings (SSSR count). The van der Waals surface area contributed by atoms with Crippen molar-refractivity contribution < 1.29 is 9.13 Å². The fraction of sp³-hybridized carbons (Fsp3) is 0.250. The van der Waals surface area contributed by atoms with Gasteiger partial charge in [0.2, 0.25) is 0 Å². The molecule has 1 aliphatic rings. The lowest BCUT2D eigenvalue weighted by atomic mass is 10.1. The van der Waals surface area contributed by atoms with Gasteiger partial charge in [-0.05, 0) is 48.4 Å². The standard InChI is InChI=1S/C16H15BrFNO/c1-10-2-4-15(14(18)6-10)19-9-13-8-11-7-12(17)3-5-16(11)20-13/h2-7,13,19H,8-9H2,1H3. The number of nitrogens with one attached hydrogen (secondary N) is 1. The summed E-state index contributed by atoms with van der Waals surface area (Å²) in [4.78, 5) is 0. The van der Waals surface area contributed by atoms with Crippen LogP contribution in [0.5, 0.6) is 5.75 Å². The Morgan fingerprint density at radius 3 is 2.95 bits per heavy atom. The molecule has 0 amide bonds. The zero-order valence-corrected chi connectivity index (χ0v) is 12.7. The summed E-state index contributed by atoms with van der Waals surface area (Å²) in [6.45, 7) is 2.47. The molecule has 0 saturated heterocycles. The number of aryl methyl sites for hydroxylation is 1. The number of halogens is 2. The Balaban J connectivity index is 1.63. The molecule has 0 saturated carbocycles. The fourth-order valence-electron chi connectivity index (χ4n) is 2.39. The van der Waals surface area contributed by atoms with Crippen LogP contribution in [-0.4, -0.2) is 12.6 Å². The minimum atomic E-state index is -0.219. The van der Waals surface area contributed by atoms with Crippen LogP contribution in [-0.2, 0) is 6.42 Å². The lowest BCUT2D eigenvalue weighted by molar-refractivity contribution is 0.246. The van der Waals surface area contributed by atoms with Crippen molar-refractivity contribution in [2.45, 2.75) is 19.4 Å². The lowest BCUT2D eigenvalue weighted by Crippen LogP contribution is -2.24. The van der Waals surface area contributed by atoms with E-state index < -0.39 is 0 Å². The molecule has 0 fully saturated rings. The molecular weight excluding hydrogens is 321 g/mol. The number of hydrogen-bond donors (Lipinski definition) is 1. The zero-order valence-electron chi connectivity index (χ0n) is 11.1. The number of anilines is 1. The van der Waals surface area contributed by atoms with Crippen molar-refractivity contribution in [3.05, 3.63) is 57.8 Å². The Morgan fingerprint density at radius 1 is 1.30 bits per heavy atom. The van der Waals surface area contributed by atoms with E-state index in [1.165, 1.54) is 11.6 Å². The maximum atomic E-state index is 13.7. The van der Waals surface area contributed by atoms with Crippen LogP contribution in [0.15, 0.2) is 40.9 Å². The first kappa shape index (κ1) is 13.4. The quantitative estimate of drug-likeness (QED) is 0.902. The van der Waals surface area contributed by atoms with Crippen LogP contribution in [0.25, 0.3) is 0 Å². The van der Waals surface area contributed by atoms with Crippen LogP contribution >= 0.6 is 15.9 Å². The van der Waals surface area contributed by atoms with Gasteiger partial charge in [-0.25, -0.2) is 4.39 Å². The number of fused-ring (bicyclic) bond motifs is 1. The maximum Gasteiger partial charge on any atom is 0.146 e. The molecule has 1 N–H and O–H groups in total. The van der Waals surface area contributed by atoms with E-state index in [4.69, 9.17) is 4.74 Å². The first-order chi connectivity index (χ1) is 9.61. The molecule has 4 heteroatoms. The highest BCUT2D eigenvalue weighted by atomic mass is 79.9. The van der Waals surface area contributed by atoms with Crippen molar-refractivity contribution in [3.8, 4) is 5.75 Å². The Kier molecular flexibility index (Phi) is 3.66. The van der Waals surface area contributed by atoms with Crippen LogP contribution in [0.1, 0.15) is 11.1 Å². The molecule has 2 aromatic carbocycles. The Bertz CT molecular complexity index is 644. The first-order valence-electron chi connectivity index (χ1n) is 6.57. The Morgan fingerprint density at radius 2 is 2.15 bits per heavy atom. The third-order valence-electron chi connectivity index (χ3n) is 3.41. The van der Waals surface area contributed by atoms with E-state index in [1.54, 1.807) is 6.07 Å². The first-order valence-corrected chi connectivity index (χ1v) is 7.36. The molecule has 1 heterocycles. The predicted octanol–water partition coefficient (Wildman–Crippen LogP) is 4.31. The summed E-state index contributed by atoms with van der Waals surface area (Å²) in [5.41, 5.74) is 2.63. The molecule has 20 heavy (non-hydrogen) atoms. The summed E-state index contributed by atoms with van der Waals surface area (Å²) >= 11 is 3.46. The van der Waals surface area contributed by atoms with Gasteiger partial charge in [-0.2, -0.15) is 0 Å². The van der Waals surface area contributed by atoms with Gasteiger partial charge in [-0.3, -0.25) is 0 Å². The third kappa shape index (κ3) is 2.80. The molecule has 0 aliphatic carbocycles. The van der Waals surface area contributed by atoms with Crippen molar-refractivity contribution >= 4 is 21.6 Å². The SMILES string of the molecule is Cc1ccc(NCC2Cc3cc(Br)ccc3O2)c(F)c1. The van der Waals surface area contributed by atoms with E-state index in [0.29, 0.717) is 12.2 Å². The van der Waals surface area contributed by atoms with Crippen molar-refractivity contribution in [1.82, 2.24) is 0 Å². The molecule has 0 spiro atoms. The smallest absolute Gasteiger partial charge is 0.146 e. The van der Waals surface area contributed by atoms with Crippen LogP contribution in [0.2, 0.25) is 0 Å². The van der Waals surface area contributed by atoms with Crippen molar-refractivity contribution in [2.75, 3.05) is 11.9 Å². The van der Waals surface area contributed by atoms with Crippen LogP contribution in [0, 0.1) is 12.7 Å². The molecule has 0 aromatic heterocycles. The minimum absolute atomic E-state index is 0.0417. The van der Waals surface area contributed by atoms with E-state index in [-0.39, 0.29) is 11.9 Å². The molecule has 1 atom stereocenters. The monoisotopic (exact) mass is 335 g/mol. The summed E-state index contributed by atoms with van der Waals surface area (Å²) in [7, 11) is 0. The lowest BCUT2D eigenvalue weighted by Gasteiger charge is -2.13. The molecule has 1 unspecified atom stereocenters. The summed E-state index contributed by atoms with van der Waals surface area (Å²) in [5.74, 6) is 0.702. The summed E-state index contributed by atoms with van der Waals surface area (Å²) in [6, 6.07) is 11.2. The molecule has 2 aromatic rings. The molecule has 2 nitrogen and oxygen atoms in total. The zero-order chi connectivity index (χ0) is 14.1. The highest BCUT2D eigenvalue weighted by Gasteiger charge is 2.22. The van der Waals surface area contributed by atoms with Gasteiger partial charge < -0.3 is 10.1 Å². The number of hydrogen-bond acceptors (Lipinski definition) is 2. The van der Waals surface area contributed by atoms with Gasteiger partial charge in [-0.1, -0.05) is 22.0 Å². The summed E-state index contributed by atoms with van der Waals surface area (Å²) in [6.07, 6.45) is 0.884. The number of rotatable bonds is 3. The van der Waals surface area contributed by atoms with Crippen molar-refractivity contribution in [3.63, 3.8) is 0 Å². The van der Waals surface area contributed by atoms with E-state index in [0.717, 1.165) is 22.2 Å². The topological polar surface area (TPSA) is 21.3 Å². The molecular formula is C16H15BrFNO. The maximum absolute atomic E-state index is 13.7. The van der Waals surface area contributed by atoms with Crippen LogP contribution in [0.3, 0.4) is 0 Å². The highest BCUT2D eigenvalue weighted by Crippen LogP contribution is 2.31. The Labute approximate surface area is 126 Å². The van der Waals surface area contributed by atoms with Crippen LogP contribution < -0.4 is 10.1 Å². The van der Waals surface area contributed by atoms with E-state index in [1.807, 2.05) is 25.1 Å². The second-order valence-corrected chi connectivity index (χ2v) is 5.98. The number of ether oxygens (including phenoxy) is 1. The van der Waals surface area contributed by atoms with E-state index in [9.17, 15) is 4.39 Å². The van der Waals surface area contributed by atoms with Gasteiger partial charge >= 0.3 is 0 Å². The minimum Gasteiger partial charge on any atom is -0.488 e. The average Bonchev–Trinajstić information content (AvgIpc) is 2.79. The Hall–Kier alpha value is -1.55. The fourth-order valence-corrected chi connectivity index (χ4v) is 2.80. The second-order valence-electron chi connectivity index (χ2n) is 5.06. The van der Waals surface area contributed by atoms with E-state index >= 15 is 0 Å². The number of benzene rings is 2. The van der Waals surface area contributed by atoms with Gasteiger partial charge in [0.1, 0.15) is 17.7 Å². The largest absolute Gasteiger partial charge is 0.488 e. The van der Waals surface area contributed by atoms with Crippen molar-refractivity contribution in [1.29, 1.82) is 0 Å². The molecule has 0 bridgehead atoms. The molecule has 0 radical (unpaired) electrons. The summed E-state index contributed by atoms with van der Waals surface area (Å²) in [5, 5.41) is 3.12. The van der Waals surface area contributed by atoms with Gasteiger partial charge in [-0.15, -0.1) is 0 Å².